The molecule has 0 radical (unpaired) electrons. The maximum Gasteiger partial charge on any atom is 0.407 e. The lowest BCUT2D eigenvalue weighted by Gasteiger charge is -2.20. The number of carbonyl (C=O) groups is 2. The Kier molecular flexibility index (Phi) is 3.00. The molecule has 6 nitrogen and oxygen atoms in total. The van der Waals surface area contributed by atoms with Gasteiger partial charge < -0.3 is 20.0 Å². The van der Waals surface area contributed by atoms with Crippen molar-refractivity contribution in [2.45, 2.75) is 0 Å². The summed E-state index contributed by atoms with van der Waals surface area (Å²) >= 11 is 0. The maximum absolute atomic E-state index is 12.3. The van der Waals surface area contributed by atoms with E-state index in [9.17, 15) is 14.7 Å². The number of carbonyl (C=O) groups excluding carboxylic acids is 1. The highest BCUT2D eigenvalue weighted by molar-refractivity contribution is 5.94. The molecule has 2 unspecified atom stereocenters. The zero-order chi connectivity index (χ0) is 14.3. The number of hydrogen-bond donors (Lipinski definition) is 2. The summed E-state index contributed by atoms with van der Waals surface area (Å²) in [6, 6.07) is 6.21. The van der Waals surface area contributed by atoms with Gasteiger partial charge in [0.2, 0.25) is 0 Å². The SMILES string of the molecule is O=C(O)N1CC2CN(C(=O)c3ccc(O)cc3)CC2C1. The van der Waals surface area contributed by atoms with E-state index >= 15 is 0 Å². The Hall–Kier alpha value is -2.24. The first kappa shape index (κ1) is 12.8. The van der Waals surface area contributed by atoms with E-state index in [0.717, 1.165) is 0 Å². The molecule has 6 heteroatoms. The summed E-state index contributed by atoms with van der Waals surface area (Å²) in [4.78, 5) is 26.4. The lowest BCUT2D eigenvalue weighted by atomic mass is 10.0. The zero-order valence-electron chi connectivity index (χ0n) is 10.9. The van der Waals surface area contributed by atoms with Crippen molar-refractivity contribution in [1.82, 2.24) is 9.80 Å². The summed E-state index contributed by atoms with van der Waals surface area (Å²) < 4.78 is 0. The number of likely N-dealkylation sites (tertiary alicyclic amines) is 2. The van der Waals surface area contributed by atoms with E-state index in [1.165, 1.54) is 17.0 Å². The van der Waals surface area contributed by atoms with Crippen LogP contribution in [0.1, 0.15) is 10.4 Å². The van der Waals surface area contributed by atoms with Gasteiger partial charge in [0.25, 0.3) is 5.91 Å². The minimum absolute atomic E-state index is 0.0544. The summed E-state index contributed by atoms with van der Waals surface area (Å²) in [5, 5.41) is 18.2. The first-order valence-electron chi connectivity index (χ1n) is 6.61. The highest BCUT2D eigenvalue weighted by Crippen LogP contribution is 2.31. The van der Waals surface area contributed by atoms with Crippen LogP contribution < -0.4 is 0 Å². The summed E-state index contributed by atoms with van der Waals surface area (Å²) in [6.07, 6.45) is -0.879. The number of hydrogen-bond acceptors (Lipinski definition) is 3. The molecular formula is C14H16N2O4. The summed E-state index contributed by atoms with van der Waals surface area (Å²) in [7, 11) is 0. The van der Waals surface area contributed by atoms with Crippen molar-refractivity contribution in [1.29, 1.82) is 0 Å². The van der Waals surface area contributed by atoms with Gasteiger partial charge in [-0.25, -0.2) is 4.79 Å². The Bertz CT molecular complexity index is 529. The van der Waals surface area contributed by atoms with E-state index in [0.29, 0.717) is 31.7 Å². The minimum atomic E-state index is -0.879. The molecule has 2 fully saturated rings. The average Bonchev–Trinajstić information content (AvgIpc) is 2.96. The van der Waals surface area contributed by atoms with Gasteiger partial charge in [-0.1, -0.05) is 0 Å². The maximum atomic E-state index is 12.3. The molecule has 0 spiro atoms. The lowest BCUT2D eigenvalue weighted by Crippen LogP contribution is -2.35. The normalized spacial score (nSPS) is 24.8. The van der Waals surface area contributed by atoms with Crippen LogP contribution in [0, 0.1) is 11.8 Å². The fourth-order valence-electron chi connectivity index (χ4n) is 3.10. The number of phenolic OH excluding ortho intramolecular Hbond substituents is 1. The summed E-state index contributed by atoms with van der Waals surface area (Å²) in [5.74, 6) is 0.567. The van der Waals surface area contributed by atoms with E-state index < -0.39 is 6.09 Å². The molecule has 20 heavy (non-hydrogen) atoms. The van der Waals surface area contributed by atoms with Gasteiger partial charge in [-0.15, -0.1) is 0 Å². The van der Waals surface area contributed by atoms with Crippen LogP contribution in [0.15, 0.2) is 24.3 Å². The first-order valence-corrected chi connectivity index (χ1v) is 6.61. The smallest absolute Gasteiger partial charge is 0.407 e. The monoisotopic (exact) mass is 276 g/mol. The Morgan fingerprint density at radius 2 is 1.45 bits per heavy atom. The van der Waals surface area contributed by atoms with Crippen molar-refractivity contribution in [3.05, 3.63) is 29.8 Å². The second-order valence-corrected chi connectivity index (χ2v) is 5.46. The fraction of sp³-hybridized carbons (Fsp3) is 0.429. The van der Waals surface area contributed by atoms with Gasteiger partial charge in [-0.3, -0.25) is 4.79 Å². The Morgan fingerprint density at radius 1 is 0.950 bits per heavy atom. The molecule has 2 aliphatic rings. The molecule has 0 bridgehead atoms. The molecule has 106 valence electrons. The number of carboxylic acid groups (broad SMARTS) is 1. The average molecular weight is 276 g/mol. The summed E-state index contributed by atoms with van der Waals surface area (Å²) in [5.41, 5.74) is 0.554. The van der Waals surface area contributed by atoms with E-state index in [1.807, 2.05) is 0 Å². The van der Waals surface area contributed by atoms with Gasteiger partial charge in [-0.2, -0.15) is 0 Å². The minimum Gasteiger partial charge on any atom is -0.508 e. The van der Waals surface area contributed by atoms with E-state index in [1.54, 1.807) is 17.0 Å². The van der Waals surface area contributed by atoms with Crippen LogP contribution in [0.25, 0.3) is 0 Å². The number of phenols is 1. The highest BCUT2D eigenvalue weighted by atomic mass is 16.4. The van der Waals surface area contributed by atoms with Crippen LogP contribution in [0.3, 0.4) is 0 Å². The Morgan fingerprint density at radius 3 is 1.95 bits per heavy atom. The third kappa shape index (κ3) is 2.17. The number of nitrogens with zero attached hydrogens (tertiary/aromatic N) is 2. The van der Waals surface area contributed by atoms with E-state index in [4.69, 9.17) is 5.11 Å². The fourth-order valence-corrected chi connectivity index (χ4v) is 3.10. The molecular weight excluding hydrogens is 260 g/mol. The second kappa shape index (κ2) is 4.70. The van der Waals surface area contributed by atoms with Crippen molar-refractivity contribution in [3.63, 3.8) is 0 Å². The van der Waals surface area contributed by atoms with E-state index in [-0.39, 0.29) is 23.5 Å². The molecule has 2 N–H and O–H groups in total. The third-order valence-electron chi connectivity index (χ3n) is 4.16. The molecule has 2 aliphatic heterocycles. The van der Waals surface area contributed by atoms with Crippen LogP contribution >= 0.6 is 0 Å². The lowest BCUT2D eigenvalue weighted by molar-refractivity contribution is 0.0774. The standard InChI is InChI=1S/C14H16N2O4/c17-12-3-1-9(2-4-12)13(18)15-5-10-7-16(14(19)20)8-11(10)6-15/h1-4,10-11,17H,5-8H2,(H,19,20). The predicted octanol–water partition coefficient (Wildman–Crippen LogP) is 1.07. The molecule has 2 heterocycles. The Balaban J connectivity index is 1.66. The molecule has 2 saturated heterocycles. The van der Waals surface area contributed by atoms with Gasteiger partial charge in [0.1, 0.15) is 5.75 Å². The molecule has 1 aromatic carbocycles. The van der Waals surface area contributed by atoms with Crippen molar-refractivity contribution in [3.8, 4) is 5.75 Å². The largest absolute Gasteiger partial charge is 0.508 e. The van der Waals surface area contributed by atoms with Crippen molar-refractivity contribution in [2.75, 3.05) is 26.2 Å². The van der Waals surface area contributed by atoms with Crippen LogP contribution in [-0.2, 0) is 0 Å². The van der Waals surface area contributed by atoms with Crippen molar-refractivity contribution < 1.29 is 19.8 Å². The van der Waals surface area contributed by atoms with Gasteiger partial charge in [-0.05, 0) is 24.3 Å². The number of rotatable bonds is 1. The summed E-state index contributed by atoms with van der Waals surface area (Å²) in [6.45, 7) is 2.24. The van der Waals surface area contributed by atoms with Crippen LogP contribution in [0.4, 0.5) is 4.79 Å². The first-order chi connectivity index (χ1) is 9.54. The molecule has 2 atom stereocenters. The quantitative estimate of drug-likeness (QED) is 0.804. The molecule has 0 aliphatic carbocycles. The molecule has 0 saturated carbocycles. The number of benzene rings is 1. The molecule has 3 rings (SSSR count). The van der Waals surface area contributed by atoms with Crippen LogP contribution in [0.5, 0.6) is 5.75 Å². The number of fused-ring (bicyclic) bond motifs is 1. The van der Waals surface area contributed by atoms with Crippen LogP contribution in [0.2, 0.25) is 0 Å². The second-order valence-electron chi connectivity index (χ2n) is 5.46. The van der Waals surface area contributed by atoms with Gasteiger partial charge in [0.05, 0.1) is 0 Å². The molecule has 0 aromatic heterocycles. The molecule has 1 aromatic rings. The van der Waals surface area contributed by atoms with Crippen molar-refractivity contribution >= 4 is 12.0 Å². The highest BCUT2D eigenvalue weighted by Gasteiger charge is 2.43. The molecule has 2 amide bonds. The third-order valence-corrected chi connectivity index (χ3v) is 4.16. The van der Waals surface area contributed by atoms with Crippen LogP contribution in [-0.4, -0.2) is 58.2 Å². The number of aromatic hydroxyl groups is 1. The van der Waals surface area contributed by atoms with Gasteiger partial charge in [0, 0.05) is 43.6 Å². The van der Waals surface area contributed by atoms with Gasteiger partial charge in [0.15, 0.2) is 0 Å². The Labute approximate surface area is 116 Å². The number of amides is 2. The van der Waals surface area contributed by atoms with E-state index in [2.05, 4.69) is 0 Å². The van der Waals surface area contributed by atoms with Crippen molar-refractivity contribution in [2.24, 2.45) is 11.8 Å². The zero-order valence-corrected chi connectivity index (χ0v) is 10.9. The topological polar surface area (TPSA) is 81.1 Å². The predicted molar refractivity (Wildman–Crippen MR) is 70.6 cm³/mol. The van der Waals surface area contributed by atoms with Gasteiger partial charge >= 0.3 is 6.09 Å².